The zero-order valence-corrected chi connectivity index (χ0v) is 11.9. The molecule has 4 nitrogen and oxygen atoms in total. The number of aromatic nitrogens is 2. The monoisotopic (exact) mass is 274 g/mol. The molecule has 106 valence electrons. The van der Waals surface area contributed by atoms with Gasteiger partial charge in [-0.3, -0.25) is 0 Å². The molecule has 0 unspecified atom stereocenters. The van der Waals surface area contributed by atoms with Crippen molar-refractivity contribution in [3.05, 3.63) is 42.0 Å². The van der Waals surface area contributed by atoms with Crippen molar-refractivity contribution in [3.63, 3.8) is 0 Å². The number of para-hydroxylation sites is 1. The Morgan fingerprint density at radius 3 is 2.50 bits per heavy atom. The van der Waals surface area contributed by atoms with Crippen LogP contribution in [0.2, 0.25) is 0 Å². The molecule has 20 heavy (non-hydrogen) atoms. The highest BCUT2D eigenvalue weighted by Gasteiger charge is 2.09. The summed E-state index contributed by atoms with van der Waals surface area (Å²) in [4.78, 5) is 8.85. The lowest BCUT2D eigenvalue weighted by atomic mass is 10.2. The Balaban J connectivity index is 2.33. The molecule has 0 amide bonds. The highest BCUT2D eigenvalue weighted by atomic mass is 19.1. The van der Waals surface area contributed by atoms with E-state index in [2.05, 4.69) is 20.6 Å². The third kappa shape index (κ3) is 3.44. The topological polar surface area (TPSA) is 49.8 Å². The quantitative estimate of drug-likeness (QED) is 0.867. The number of rotatable bonds is 5. The second-order valence-corrected chi connectivity index (χ2v) is 4.79. The second kappa shape index (κ2) is 6.32. The molecule has 0 saturated carbocycles. The van der Waals surface area contributed by atoms with Gasteiger partial charge in [-0.25, -0.2) is 14.4 Å². The Morgan fingerprint density at radius 2 is 1.85 bits per heavy atom. The van der Waals surface area contributed by atoms with Crippen LogP contribution in [0.4, 0.5) is 21.7 Å². The number of nitrogens with zero attached hydrogens (tertiary/aromatic N) is 2. The molecule has 2 rings (SSSR count). The lowest BCUT2D eigenvalue weighted by Gasteiger charge is -2.12. The normalized spacial score (nSPS) is 10.7. The smallest absolute Gasteiger partial charge is 0.146 e. The maximum absolute atomic E-state index is 13.7. The molecular formula is C15H19FN4. The van der Waals surface area contributed by atoms with Crippen LogP contribution >= 0.6 is 0 Å². The Kier molecular flexibility index (Phi) is 4.50. The molecule has 0 fully saturated rings. The fourth-order valence-corrected chi connectivity index (χ4v) is 1.76. The summed E-state index contributed by atoms with van der Waals surface area (Å²) in [6, 6.07) is 8.31. The Morgan fingerprint density at radius 1 is 1.15 bits per heavy atom. The maximum atomic E-state index is 13.7. The van der Waals surface area contributed by atoms with Gasteiger partial charge in [0.25, 0.3) is 0 Å². The Labute approximate surface area is 118 Å². The van der Waals surface area contributed by atoms with Gasteiger partial charge >= 0.3 is 0 Å². The standard InChI is InChI=1S/C15H19FN4/c1-4-17-13-9-14(20-15(19-13)10(2)3)18-12-8-6-5-7-11(12)16/h5-10H,4H2,1-3H3,(H2,17,18,19,20). The molecule has 0 spiro atoms. The van der Waals surface area contributed by atoms with Gasteiger partial charge in [-0.2, -0.15) is 0 Å². The molecule has 0 atom stereocenters. The molecule has 1 heterocycles. The van der Waals surface area contributed by atoms with Gasteiger partial charge < -0.3 is 10.6 Å². The summed E-state index contributed by atoms with van der Waals surface area (Å²) >= 11 is 0. The van der Waals surface area contributed by atoms with Gasteiger partial charge in [-0.1, -0.05) is 26.0 Å². The van der Waals surface area contributed by atoms with Crippen LogP contribution in [0, 0.1) is 5.82 Å². The predicted octanol–water partition coefficient (Wildman–Crippen LogP) is 3.91. The number of benzene rings is 1. The van der Waals surface area contributed by atoms with Gasteiger partial charge in [0.05, 0.1) is 5.69 Å². The average molecular weight is 274 g/mol. The van der Waals surface area contributed by atoms with Gasteiger partial charge in [-0.15, -0.1) is 0 Å². The molecule has 0 saturated heterocycles. The summed E-state index contributed by atoms with van der Waals surface area (Å²) in [5.74, 6) is 1.95. The number of nitrogens with one attached hydrogen (secondary N) is 2. The van der Waals surface area contributed by atoms with Crippen LogP contribution < -0.4 is 10.6 Å². The van der Waals surface area contributed by atoms with Crippen molar-refractivity contribution in [2.45, 2.75) is 26.7 Å². The lowest BCUT2D eigenvalue weighted by molar-refractivity contribution is 0.631. The van der Waals surface area contributed by atoms with Crippen LogP contribution in [0.3, 0.4) is 0 Å². The molecule has 2 aromatic rings. The Hall–Kier alpha value is -2.17. The first-order valence-electron chi connectivity index (χ1n) is 6.74. The van der Waals surface area contributed by atoms with Crippen molar-refractivity contribution >= 4 is 17.3 Å². The summed E-state index contributed by atoms with van der Waals surface area (Å²) in [6.45, 7) is 6.82. The van der Waals surface area contributed by atoms with E-state index in [4.69, 9.17) is 0 Å². The fourth-order valence-electron chi connectivity index (χ4n) is 1.76. The van der Waals surface area contributed by atoms with Gasteiger partial charge in [0, 0.05) is 18.5 Å². The van der Waals surface area contributed by atoms with Crippen LogP contribution in [-0.2, 0) is 0 Å². The molecule has 1 aromatic heterocycles. The molecule has 1 aromatic carbocycles. The van der Waals surface area contributed by atoms with E-state index in [0.29, 0.717) is 11.5 Å². The molecule has 2 N–H and O–H groups in total. The zero-order valence-electron chi connectivity index (χ0n) is 11.9. The minimum atomic E-state index is -0.304. The number of halogens is 1. The zero-order chi connectivity index (χ0) is 14.5. The third-order valence-corrected chi connectivity index (χ3v) is 2.75. The van der Waals surface area contributed by atoms with E-state index in [1.54, 1.807) is 24.3 Å². The fraction of sp³-hybridized carbons (Fsp3) is 0.333. The minimum Gasteiger partial charge on any atom is -0.370 e. The molecule has 0 aliphatic heterocycles. The van der Waals surface area contributed by atoms with E-state index >= 15 is 0 Å². The van der Waals surface area contributed by atoms with Gasteiger partial charge in [-0.05, 0) is 19.1 Å². The molecule has 5 heteroatoms. The van der Waals surface area contributed by atoms with Gasteiger partial charge in [0.15, 0.2) is 0 Å². The summed E-state index contributed by atoms with van der Waals surface area (Å²) in [7, 11) is 0. The highest BCUT2D eigenvalue weighted by molar-refractivity contribution is 5.59. The average Bonchev–Trinajstić information content (AvgIpc) is 2.41. The first-order chi connectivity index (χ1) is 9.60. The Bertz CT molecular complexity index is 584. The molecular weight excluding hydrogens is 255 g/mol. The maximum Gasteiger partial charge on any atom is 0.146 e. The molecule has 0 aliphatic carbocycles. The van der Waals surface area contributed by atoms with E-state index in [1.807, 2.05) is 20.8 Å². The molecule has 0 aliphatic rings. The van der Waals surface area contributed by atoms with Crippen molar-refractivity contribution in [1.82, 2.24) is 9.97 Å². The lowest BCUT2D eigenvalue weighted by Crippen LogP contribution is -2.07. The van der Waals surface area contributed by atoms with Crippen LogP contribution in [0.15, 0.2) is 30.3 Å². The summed E-state index contributed by atoms with van der Waals surface area (Å²) < 4.78 is 13.7. The van der Waals surface area contributed by atoms with Crippen LogP contribution in [0.1, 0.15) is 32.5 Å². The largest absolute Gasteiger partial charge is 0.370 e. The van der Waals surface area contributed by atoms with Crippen molar-refractivity contribution in [2.24, 2.45) is 0 Å². The number of hydrogen-bond acceptors (Lipinski definition) is 4. The van der Waals surface area contributed by atoms with E-state index < -0.39 is 0 Å². The van der Waals surface area contributed by atoms with Crippen molar-refractivity contribution in [3.8, 4) is 0 Å². The van der Waals surface area contributed by atoms with E-state index in [1.165, 1.54) is 6.07 Å². The molecule has 0 radical (unpaired) electrons. The van der Waals surface area contributed by atoms with Crippen molar-refractivity contribution in [1.29, 1.82) is 0 Å². The summed E-state index contributed by atoms with van der Waals surface area (Å²) in [5.41, 5.74) is 0.406. The SMILES string of the molecule is CCNc1cc(Nc2ccccc2F)nc(C(C)C)n1. The number of hydrogen-bond donors (Lipinski definition) is 2. The van der Waals surface area contributed by atoms with Crippen LogP contribution in [-0.4, -0.2) is 16.5 Å². The molecule has 0 bridgehead atoms. The third-order valence-electron chi connectivity index (χ3n) is 2.75. The minimum absolute atomic E-state index is 0.203. The van der Waals surface area contributed by atoms with Crippen molar-refractivity contribution in [2.75, 3.05) is 17.2 Å². The van der Waals surface area contributed by atoms with E-state index in [9.17, 15) is 4.39 Å². The van der Waals surface area contributed by atoms with Crippen molar-refractivity contribution < 1.29 is 4.39 Å². The predicted molar refractivity (Wildman–Crippen MR) is 80.0 cm³/mol. The summed E-state index contributed by atoms with van der Waals surface area (Å²) in [5, 5.41) is 6.16. The first kappa shape index (κ1) is 14.2. The van der Waals surface area contributed by atoms with Crippen LogP contribution in [0.5, 0.6) is 0 Å². The van der Waals surface area contributed by atoms with E-state index in [-0.39, 0.29) is 11.7 Å². The highest BCUT2D eigenvalue weighted by Crippen LogP contribution is 2.22. The van der Waals surface area contributed by atoms with Crippen LogP contribution in [0.25, 0.3) is 0 Å². The van der Waals surface area contributed by atoms with Gasteiger partial charge in [0.1, 0.15) is 23.3 Å². The number of anilines is 3. The second-order valence-electron chi connectivity index (χ2n) is 4.79. The summed E-state index contributed by atoms with van der Waals surface area (Å²) in [6.07, 6.45) is 0. The van der Waals surface area contributed by atoms with E-state index in [0.717, 1.165) is 18.2 Å². The first-order valence-corrected chi connectivity index (χ1v) is 6.74. The van der Waals surface area contributed by atoms with Gasteiger partial charge in [0.2, 0.25) is 0 Å².